The Bertz CT molecular complexity index is 1020. The molecule has 1 aromatic carbocycles. The molecule has 0 radical (unpaired) electrons. The van der Waals surface area contributed by atoms with Crippen molar-refractivity contribution in [2.24, 2.45) is 0 Å². The Balaban J connectivity index is 1.56. The van der Waals surface area contributed by atoms with Gasteiger partial charge >= 0.3 is 0 Å². The van der Waals surface area contributed by atoms with E-state index < -0.39 is 0 Å². The topological polar surface area (TPSA) is 99.8 Å². The van der Waals surface area contributed by atoms with Crippen LogP contribution in [0.3, 0.4) is 0 Å². The van der Waals surface area contributed by atoms with E-state index in [0.717, 1.165) is 13.0 Å². The number of amides is 2. The summed E-state index contributed by atoms with van der Waals surface area (Å²) in [7, 11) is 0.775. The Labute approximate surface area is 160 Å². The molecule has 0 fully saturated rings. The molecular formula is C18H16BN5O2S. The molecule has 7 nitrogen and oxygen atoms in total. The first kappa shape index (κ1) is 18.4. The molecule has 0 aliphatic rings. The van der Waals surface area contributed by atoms with Crippen molar-refractivity contribution in [3.63, 3.8) is 0 Å². The van der Waals surface area contributed by atoms with Gasteiger partial charge in [-0.15, -0.1) is 11.3 Å². The summed E-state index contributed by atoms with van der Waals surface area (Å²) in [6.45, 7) is 1.84. The number of hydrogen-bond donors (Lipinski definition) is 2. The van der Waals surface area contributed by atoms with Gasteiger partial charge in [0, 0.05) is 17.1 Å². The van der Waals surface area contributed by atoms with E-state index in [1.54, 1.807) is 35.8 Å². The summed E-state index contributed by atoms with van der Waals surface area (Å²) >= 11 is 1.28. The molecule has 0 unspecified atom stereocenters. The molecule has 0 aliphatic heterocycles. The predicted octanol–water partition coefficient (Wildman–Crippen LogP) is 2.10. The van der Waals surface area contributed by atoms with Crippen molar-refractivity contribution >= 4 is 35.7 Å². The standard InChI is InChI=1S/C18H16BN5O2S/c1-19-24-6-5-14(10-24)17(26)21-9-16(25)23-18-22-15(11-27-18)13-4-2-3-12(7-13)8-20/h2-7,10-11,19H,9H2,1H3,(H,21,26)(H,22,23,25). The van der Waals surface area contributed by atoms with Gasteiger partial charge in [-0.25, -0.2) is 4.98 Å². The molecule has 27 heavy (non-hydrogen) atoms. The van der Waals surface area contributed by atoms with E-state index >= 15 is 0 Å². The molecule has 2 aromatic heterocycles. The smallest absolute Gasteiger partial charge is 0.253 e. The van der Waals surface area contributed by atoms with Crippen molar-refractivity contribution < 1.29 is 9.59 Å². The van der Waals surface area contributed by atoms with E-state index in [0.29, 0.717) is 22.0 Å². The highest BCUT2D eigenvalue weighted by Gasteiger charge is 2.11. The van der Waals surface area contributed by atoms with Gasteiger partial charge in [-0.2, -0.15) is 5.26 Å². The second kappa shape index (κ2) is 8.34. The number of aromatic nitrogens is 2. The number of hydrogen-bond acceptors (Lipinski definition) is 5. The molecule has 0 spiro atoms. The summed E-state index contributed by atoms with van der Waals surface area (Å²) in [5.41, 5.74) is 2.54. The summed E-state index contributed by atoms with van der Waals surface area (Å²) in [4.78, 5) is 28.4. The third-order valence-electron chi connectivity index (χ3n) is 3.83. The monoisotopic (exact) mass is 377 g/mol. The Hall–Kier alpha value is -3.38. The SMILES string of the molecule is CBn1ccc(C(=O)NCC(=O)Nc2nc(-c3cccc(C#N)c3)cs2)c1. The lowest BCUT2D eigenvalue weighted by atomic mass is 10.0. The molecule has 134 valence electrons. The van der Waals surface area contributed by atoms with Crippen molar-refractivity contribution in [3.8, 4) is 17.3 Å². The van der Waals surface area contributed by atoms with Crippen LogP contribution in [0.2, 0.25) is 6.82 Å². The van der Waals surface area contributed by atoms with Crippen LogP contribution in [0.5, 0.6) is 0 Å². The van der Waals surface area contributed by atoms with E-state index in [1.807, 2.05) is 23.6 Å². The lowest BCUT2D eigenvalue weighted by molar-refractivity contribution is -0.115. The third kappa shape index (κ3) is 4.62. The molecule has 0 aliphatic carbocycles. The van der Waals surface area contributed by atoms with Crippen LogP contribution < -0.4 is 10.6 Å². The first-order valence-electron chi connectivity index (χ1n) is 8.29. The van der Waals surface area contributed by atoms with Gasteiger partial charge in [0.15, 0.2) is 5.13 Å². The number of nitrogens with one attached hydrogen (secondary N) is 2. The molecule has 3 rings (SSSR count). The molecule has 0 atom stereocenters. The van der Waals surface area contributed by atoms with E-state index in [1.165, 1.54) is 11.3 Å². The number of anilines is 1. The Morgan fingerprint density at radius 2 is 2.22 bits per heavy atom. The maximum atomic E-state index is 12.0. The Kier molecular flexibility index (Phi) is 5.69. The average molecular weight is 377 g/mol. The summed E-state index contributed by atoms with van der Waals surface area (Å²) in [5.74, 6) is -0.657. The summed E-state index contributed by atoms with van der Waals surface area (Å²) in [6, 6.07) is 10.9. The van der Waals surface area contributed by atoms with Gasteiger partial charge in [-0.3, -0.25) is 9.59 Å². The van der Waals surface area contributed by atoms with Crippen LogP contribution in [0.4, 0.5) is 5.13 Å². The minimum Gasteiger partial charge on any atom is -0.401 e. The maximum Gasteiger partial charge on any atom is 0.253 e. The van der Waals surface area contributed by atoms with E-state index in [-0.39, 0.29) is 18.4 Å². The Morgan fingerprint density at radius 1 is 1.37 bits per heavy atom. The zero-order chi connectivity index (χ0) is 19.2. The lowest BCUT2D eigenvalue weighted by Crippen LogP contribution is -2.32. The molecular weight excluding hydrogens is 361 g/mol. The van der Waals surface area contributed by atoms with E-state index in [9.17, 15) is 9.59 Å². The van der Waals surface area contributed by atoms with Crippen molar-refractivity contribution in [2.45, 2.75) is 6.82 Å². The zero-order valence-electron chi connectivity index (χ0n) is 14.6. The van der Waals surface area contributed by atoms with Gasteiger partial charge in [-0.1, -0.05) is 19.0 Å². The fraction of sp³-hybridized carbons (Fsp3) is 0.111. The minimum absolute atomic E-state index is 0.144. The fourth-order valence-electron chi connectivity index (χ4n) is 2.41. The van der Waals surface area contributed by atoms with Crippen molar-refractivity contribution in [3.05, 3.63) is 59.2 Å². The summed E-state index contributed by atoms with van der Waals surface area (Å²) in [5, 5.41) is 16.5. The van der Waals surface area contributed by atoms with E-state index in [4.69, 9.17) is 5.26 Å². The highest BCUT2D eigenvalue weighted by Crippen LogP contribution is 2.25. The fourth-order valence-corrected chi connectivity index (χ4v) is 3.15. The van der Waals surface area contributed by atoms with Gasteiger partial charge in [0.1, 0.15) is 0 Å². The number of carbonyl (C=O) groups excluding carboxylic acids is 2. The summed E-state index contributed by atoms with van der Waals surface area (Å²) in [6.07, 6.45) is 3.54. The molecule has 2 heterocycles. The predicted molar refractivity (Wildman–Crippen MR) is 106 cm³/mol. The van der Waals surface area contributed by atoms with Crippen LogP contribution in [0.1, 0.15) is 15.9 Å². The normalized spacial score (nSPS) is 10.1. The first-order valence-corrected chi connectivity index (χ1v) is 9.17. The van der Waals surface area contributed by atoms with Crippen LogP contribution in [0.25, 0.3) is 11.3 Å². The second-order valence-corrected chi connectivity index (χ2v) is 6.55. The number of benzene rings is 1. The second-order valence-electron chi connectivity index (χ2n) is 5.69. The van der Waals surface area contributed by atoms with Gasteiger partial charge in [-0.05, 0) is 24.4 Å². The highest BCUT2D eigenvalue weighted by molar-refractivity contribution is 7.14. The largest absolute Gasteiger partial charge is 0.401 e. The van der Waals surface area contributed by atoms with Crippen LogP contribution in [0.15, 0.2) is 48.1 Å². The van der Waals surface area contributed by atoms with Gasteiger partial charge in [0.2, 0.25) is 13.3 Å². The number of thiazole rings is 1. The molecule has 2 amide bonds. The average Bonchev–Trinajstić information content (AvgIpc) is 3.35. The van der Waals surface area contributed by atoms with Crippen molar-refractivity contribution in [1.82, 2.24) is 14.8 Å². The van der Waals surface area contributed by atoms with Crippen LogP contribution in [0, 0.1) is 11.3 Å². The lowest BCUT2D eigenvalue weighted by Gasteiger charge is -2.04. The number of nitrogens with zero attached hydrogens (tertiary/aromatic N) is 3. The third-order valence-corrected chi connectivity index (χ3v) is 4.58. The molecule has 3 aromatic rings. The van der Waals surface area contributed by atoms with Crippen LogP contribution in [-0.2, 0) is 4.79 Å². The number of nitriles is 1. The van der Waals surface area contributed by atoms with Gasteiger partial charge in [0.05, 0.1) is 29.4 Å². The van der Waals surface area contributed by atoms with Crippen molar-refractivity contribution in [1.29, 1.82) is 5.26 Å². The van der Waals surface area contributed by atoms with Crippen LogP contribution in [-0.4, -0.2) is 35.2 Å². The Morgan fingerprint density at radius 3 is 2.96 bits per heavy atom. The van der Waals surface area contributed by atoms with Crippen molar-refractivity contribution in [2.75, 3.05) is 11.9 Å². The molecule has 0 bridgehead atoms. The molecule has 0 saturated heterocycles. The number of rotatable bonds is 6. The quantitative estimate of drug-likeness (QED) is 0.643. The maximum absolute atomic E-state index is 12.0. The molecule has 9 heteroatoms. The highest BCUT2D eigenvalue weighted by atomic mass is 32.1. The van der Waals surface area contributed by atoms with Crippen LogP contribution >= 0.6 is 11.3 Å². The van der Waals surface area contributed by atoms with Gasteiger partial charge < -0.3 is 15.1 Å². The van der Waals surface area contributed by atoms with E-state index in [2.05, 4.69) is 21.7 Å². The molecule has 0 saturated carbocycles. The van der Waals surface area contributed by atoms with Gasteiger partial charge in [0.25, 0.3) is 5.91 Å². The summed E-state index contributed by atoms with van der Waals surface area (Å²) < 4.78 is 1.88. The zero-order valence-corrected chi connectivity index (χ0v) is 15.4. The minimum atomic E-state index is -0.357. The first-order chi connectivity index (χ1) is 13.1. The number of carbonyl (C=O) groups is 2. The molecule has 2 N–H and O–H groups in total.